The Morgan fingerprint density at radius 2 is 1.67 bits per heavy atom. The number of hydrogen-bond acceptors (Lipinski definition) is 4. The first-order chi connectivity index (χ1) is 13.1. The van der Waals surface area contributed by atoms with Crippen molar-refractivity contribution >= 4 is 17.6 Å². The molecule has 1 aromatic carbocycles. The molecule has 1 saturated heterocycles. The van der Waals surface area contributed by atoms with E-state index in [0.29, 0.717) is 55.7 Å². The summed E-state index contributed by atoms with van der Waals surface area (Å²) in [6.45, 7) is 2.20. The Balaban J connectivity index is 1.48. The molecule has 138 valence electrons. The summed E-state index contributed by atoms with van der Waals surface area (Å²) in [6.07, 6.45) is 5.05. The summed E-state index contributed by atoms with van der Waals surface area (Å²) in [5.74, 6) is 0.0181. The molecule has 1 fully saturated rings. The molecule has 2 amide bonds. The van der Waals surface area contributed by atoms with Crippen molar-refractivity contribution in [3.05, 3.63) is 65.0 Å². The molecule has 1 aliphatic carbocycles. The van der Waals surface area contributed by atoms with Gasteiger partial charge in [0.2, 0.25) is 0 Å². The van der Waals surface area contributed by atoms with E-state index in [4.69, 9.17) is 0 Å². The minimum atomic E-state index is -0.0522. The van der Waals surface area contributed by atoms with Crippen LogP contribution in [-0.2, 0) is 6.42 Å². The summed E-state index contributed by atoms with van der Waals surface area (Å²) in [5, 5.41) is 0. The summed E-state index contributed by atoms with van der Waals surface area (Å²) in [6, 6.07) is 8.90. The monoisotopic (exact) mass is 363 g/mol. The molecule has 2 aromatic rings. The number of rotatable bonds is 2. The zero-order valence-electron chi connectivity index (χ0n) is 15.1. The van der Waals surface area contributed by atoms with Gasteiger partial charge in [0.05, 0.1) is 5.56 Å². The van der Waals surface area contributed by atoms with Crippen molar-refractivity contribution in [2.45, 2.75) is 19.3 Å². The van der Waals surface area contributed by atoms with Crippen LogP contribution < -0.4 is 0 Å². The molecule has 6 nitrogen and oxygen atoms in total. The van der Waals surface area contributed by atoms with Crippen LogP contribution >= 0.6 is 0 Å². The Morgan fingerprint density at radius 3 is 2.41 bits per heavy atom. The first-order valence-corrected chi connectivity index (χ1v) is 9.29. The molecule has 0 N–H and O–H groups in total. The summed E-state index contributed by atoms with van der Waals surface area (Å²) < 4.78 is 0. The SMILES string of the molecule is O=C1CCc2c1cccc2C(=O)N1CCCN(C(=O)c2cccnc2)CC1. The van der Waals surface area contributed by atoms with E-state index in [0.717, 1.165) is 12.0 Å². The highest BCUT2D eigenvalue weighted by Crippen LogP contribution is 2.26. The summed E-state index contributed by atoms with van der Waals surface area (Å²) in [7, 11) is 0. The van der Waals surface area contributed by atoms with Crippen LogP contribution in [0.15, 0.2) is 42.7 Å². The van der Waals surface area contributed by atoms with Crippen molar-refractivity contribution in [1.82, 2.24) is 14.8 Å². The first-order valence-electron chi connectivity index (χ1n) is 9.29. The highest BCUT2D eigenvalue weighted by Gasteiger charge is 2.28. The molecule has 4 rings (SSSR count). The van der Waals surface area contributed by atoms with Gasteiger partial charge in [-0.25, -0.2) is 0 Å². The summed E-state index contributed by atoms with van der Waals surface area (Å²) in [4.78, 5) is 45.2. The number of benzene rings is 1. The van der Waals surface area contributed by atoms with Gasteiger partial charge in [0.15, 0.2) is 5.78 Å². The highest BCUT2D eigenvalue weighted by molar-refractivity contribution is 6.05. The fraction of sp³-hybridized carbons (Fsp3) is 0.333. The second-order valence-corrected chi connectivity index (χ2v) is 6.93. The van der Waals surface area contributed by atoms with Gasteiger partial charge in [0.1, 0.15) is 0 Å². The molecule has 2 aliphatic rings. The predicted molar refractivity (Wildman–Crippen MR) is 99.8 cm³/mol. The second-order valence-electron chi connectivity index (χ2n) is 6.93. The third kappa shape index (κ3) is 3.35. The molecule has 2 heterocycles. The molecule has 0 unspecified atom stereocenters. The molecular formula is C21H21N3O3. The van der Waals surface area contributed by atoms with Crippen LogP contribution in [0.4, 0.5) is 0 Å². The van der Waals surface area contributed by atoms with Crippen LogP contribution in [0.5, 0.6) is 0 Å². The van der Waals surface area contributed by atoms with E-state index in [1.54, 1.807) is 46.5 Å². The smallest absolute Gasteiger partial charge is 0.255 e. The van der Waals surface area contributed by atoms with Gasteiger partial charge in [-0.3, -0.25) is 19.4 Å². The van der Waals surface area contributed by atoms with Crippen LogP contribution in [0.3, 0.4) is 0 Å². The van der Waals surface area contributed by atoms with Gasteiger partial charge in [0, 0.05) is 56.1 Å². The number of pyridine rings is 1. The lowest BCUT2D eigenvalue weighted by Gasteiger charge is -2.23. The lowest BCUT2D eigenvalue weighted by atomic mass is 10.0. The molecular weight excluding hydrogens is 342 g/mol. The third-order valence-electron chi connectivity index (χ3n) is 5.29. The quantitative estimate of drug-likeness (QED) is 0.820. The van der Waals surface area contributed by atoms with Gasteiger partial charge in [-0.05, 0) is 36.6 Å². The number of amides is 2. The normalized spacial score (nSPS) is 16.8. The Labute approximate surface area is 157 Å². The second kappa shape index (κ2) is 7.31. The number of Topliss-reactive ketones (excluding diaryl/α,β-unsaturated/α-hetero) is 1. The fourth-order valence-electron chi connectivity index (χ4n) is 3.86. The highest BCUT2D eigenvalue weighted by atomic mass is 16.2. The lowest BCUT2D eigenvalue weighted by Crippen LogP contribution is -2.37. The maximum atomic E-state index is 13.1. The molecule has 0 saturated carbocycles. The zero-order chi connectivity index (χ0) is 18.8. The molecule has 0 bridgehead atoms. The largest absolute Gasteiger partial charge is 0.337 e. The zero-order valence-corrected chi connectivity index (χ0v) is 15.1. The average Bonchev–Trinajstić information content (AvgIpc) is 2.93. The number of fused-ring (bicyclic) bond motifs is 1. The van der Waals surface area contributed by atoms with E-state index >= 15 is 0 Å². The van der Waals surface area contributed by atoms with E-state index in [9.17, 15) is 14.4 Å². The van der Waals surface area contributed by atoms with Gasteiger partial charge >= 0.3 is 0 Å². The van der Waals surface area contributed by atoms with Gasteiger partial charge in [-0.1, -0.05) is 12.1 Å². The third-order valence-corrected chi connectivity index (χ3v) is 5.29. The molecule has 1 aromatic heterocycles. The average molecular weight is 363 g/mol. The minimum Gasteiger partial charge on any atom is -0.337 e. The molecule has 0 atom stereocenters. The number of nitrogens with zero attached hydrogens (tertiary/aromatic N) is 3. The van der Waals surface area contributed by atoms with E-state index in [2.05, 4.69) is 4.98 Å². The summed E-state index contributed by atoms with van der Waals surface area (Å²) in [5.41, 5.74) is 2.76. The van der Waals surface area contributed by atoms with E-state index in [-0.39, 0.29) is 17.6 Å². The van der Waals surface area contributed by atoms with Crippen molar-refractivity contribution in [2.75, 3.05) is 26.2 Å². The fourth-order valence-corrected chi connectivity index (χ4v) is 3.86. The number of ketones is 1. The van der Waals surface area contributed by atoms with E-state index in [1.165, 1.54) is 0 Å². The Hall–Kier alpha value is -3.02. The van der Waals surface area contributed by atoms with Crippen LogP contribution in [-0.4, -0.2) is 58.6 Å². The molecule has 0 spiro atoms. The number of aromatic nitrogens is 1. The minimum absolute atomic E-state index is 0.0442. The van der Waals surface area contributed by atoms with Crippen LogP contribution in [0, 0.1) is 0 Å². The number of carbonyl (C=O) groups excluding carboxylic acids is 3. The number of hydrogen-bond donors (Lipinski definition) is 0. The Kier molecular flexibility index (Phi) is 4.71. The predicted octanol–water partition coefficient (Wildman–Crippen LogP) is 2.20. The number of carbonyl (C=O) groups is 3. The van der Waals surface area contributed by atoms with Crippen LogP contribution in [0.2, 0.25) is 0 Å². The van der Waals surface area contributed by atoms with Crippen molar-refractivity contribution < 1.29 is 14.4 Å². The van der Waals surface area contributed by atoms with Crippen molar-refractivity contribution in [3.8, 4) is 0 Å². The van der Waals surface area contributed by atoms with Gasteiger partial charge in [0.25, 0.3) is 11.8 Å². The standard InChI is InChI=1S/C21H21N3O3/c25-19-8-7-16-17(19)5-1-6-18(16)21(27)24-11-3-10-23(12-13-24)20(26)15-4-2-9-22-14-15/h1-2,4-6,9,14H,3,7-8,10-13H2. The van der Waals surface area contributed by atoms with Crippen molar-refractivity contribution in [2.24, 2.45) is 0 Å². The summed E-state index contributed by atoms with van der Waals surface area (Å²) >= 11 is 0. The van der Waals surface area contributed by atoms with E-state index in [1.807, 2.05) is 6.07 Å². The van der Waals surface area contributed by atoms with Crippen molar-refractivity contribution in [1.29, 1.82) is 0 Å². The maximum absolute atomic E-state index is 13.1. The Morgan fingerprint density at radius 1 is 0.889 bits per heavy atom. The van der Waals surface area contributed by atoms with Crippen LogP contribution in [0.1, 0.15) is 49.5 Å². The Bertz CT molecular complexity index is 895. The molecule has 0 radical (unpaired) electrons. The molecule has 27 heavy (non-hydrogen) atoms. The maximum Gasteiger partial charge on any atom is 0.255 e. The van der Waals surface area contributed by atoms with Crippen LogP contribution in [0.25, 0.3) is 0 Å². The van der Waals surface area contributed by atoms with Gasteiger partial charge < -0.3 is 9.80 Å². The first kappa shape index (κ1) is 17.4. The van der Waals surface area contributed by atoms with Gasteiger partial charge in [-0.15, -0.1) is 0 Å². The van der Waals surface area contributed by atoms with Crippen molar-refractivity contribution in [3.63, 3.8) is 0 Å². The molecule has 1 aliphatic heterocycles. The van der Waals surface area contributed by atoms with E-state index < -0.39 is 0 Å². The topological polar surface area (TPSA) is 70.6 Å². The molecule has 6 heteroatoms. The van der Waals surface area contributed by atoms with Gasteiger partial charge in [-0.2, -0.15) is 0 Å². The lowest BCUT2D eigenvalue weighted by molar-refractivity contribution is 0.0718.